The van der Waals surface area contributed by atoms with Gasteiger partial charge in [0.25, 0.3) is 0 Å². The normalized spacial score (nSPS) is 11.4. The summed E-state index contributed by atoms with van der Waals surface area (Å²) in [5, 5.41) is 5.26. The topological polar surface area (TPSA) is 15.5 Å². The van der Waals surface area contributed by atoms with Gasteiger partial charge in [-0.3, -0.25) is 0 Å². The number of rotatable bonds is 12. The van der Waals surface area contributed by atoms with Crippen LogP contribution in [-0.4, -0.2) is 0 Å². The highest BCUT2D eigenvalue weighted by molar-refractivity contribution is 5.82. The lowest BCUT2D eigenvalue weighted by Crippen LogP contribution is -2.32. The van der Waals surface area contributed by atoms with E-state index in [-0.39, 0.29) is 0 Å². The largest absolute Gasteiger partial charge is 0.213 e. The number of hydrogen-bond acceptors (Lipinski definition) is 0. The Kier molecular flexibility index (Phi) is 21.7. The average molecular weight is 1200 g/mol. The van der Waals surface area contributed by atoms with Crippen molar-refractivity contribution in [2.45, 2.75) is 130 Å². The maximum atomic E-state index is 2.34. The minimum absolute atomic E-state index is 0.683. The Morgan fingerprint density at radius 1 is 0.253 bits per heavy atom. The molecular weight excluding hydrogens is 1100 g/mol. The Balaban J connectivity index is 0.000000144. The van der Waals surface area contributed by atoms with E-state index in [9.17, 15) is 0 Å². The molecule has 4 nitrogen and oxygen atoms in total. The SMILES string of the molecule is Cc1cc(C)c(C)c(-c2ccc3cc(CC(C)C)ccc3[n+]2C)c1.Cc1ccc(C)c(-c2ccc3cc(CC(C)C)ccc3[n+]2C)c1.Cc1ccccc1-c1ccc2cc(CC(C)C)ccc2[n+]1C.Cc1ccccc1-c1ccc2ccc(CC(C)C)cc2[n+]1C. The molecule has 4 heteroatoms. The molecule has 0 aliphatic heterocycles. The lowest BCUT2D eigenvalue weighted by molar-refractivity contribution is -0.633. The molecule has 12 aromatic rings. The van der Waals surface area contributed by atoms with Crippen molar-refractivity contribution in [1.82, 2.24) is 0 Å². The van der Waals surface area contributed by atoms with Crippen LogP contribution in [0.4, 0.5) is 0 Å². The molecular formula is C87H102N4+4. The standard InChI is InChI=1S/C23H28N.C22H26N.2C21H24N/c1-15(2)11-19-7-9-22-20(14-19)8-10-23(24(22)6)21-13-16(3)12-17(4)18(21)5;1-15(2)12-18-8-10-21-19(14-18)9-11-22(23(21)5)20-13-16(3)6-7-17(20)4;1-15(2)13-17-9-11-20-18(14-17)10-12-21(22(20)4)19-8-6-5-7-16(19)3;1-15(2)13-17-9-10-18-11-12-20(22(4)21(18)14-17)19-8-6-5-7-16(19)3/h7-10,12-15H,11H2,1-6H3;6-11,13-15H,12H2,1-5H3;2*5-12,14-15H,13H2,1-4H3/q4*+1. The summed E-state index contributed by atoms with van der Waals surface area (Å²) in [6.07, 6.45) is 4.54. The zero-order valence-electron chi connectivity index (χ0n) is 58.5. The molecule has 0 unspecified atom stereocenters. The summed E-state index contributed by atoms with van der Waals surface area (Å²) in [4.78, 5) is 0. The van der Waals surface area contributed by atoms with E-state index in [1.54, 1.807) is 0 Å². The van der Waals surface area contributed by atoms with Crippen LogP contribution < -0.4 is 18.3 Å². The summed E-state index contributed by atoms with van der Waals surface area (Å²) in [6, 6.07) is 73.9. The van der Waals surface area contributed by atoms with E-state index in [4.69, 9.17) is 0 Å². The summed E-state index contributed by atoms with van der Waals surface area (Å²) in [5.41, 5.74) is 30.5. The van der Waals surface area contributed by atoms with Crippen molar-refractivity contribution >= 4 is 43.6 Å². The molecule has 0 aliphatic carbocycles. The Bertz CT molecular complexity index is 4550. The molecule has 0 spiro atoms. The third-order valence-electron chi connectivity index (χ3n) is 18.1. The molecule has 8 aromatic carbocycles. The van der Waals surface area contributed by atoms with Crippen LogP contribution in [0, 0.1) is 72.1 Å². The fourth-order valence-corrected chi connectivity index (χ4v) is 13.3. The lowest BCUT2D eigenvalue weighted by atomic mass is 9.96. The maximum Gasteiger partial charge on any atom is 0.213 e. The molecule has 0 saturated carbocycles. The minimum Gasteiger partial charge on any atom is -0.194 e. The number of aromatic nitrogens is 4. The van der Waals surface area contributed by atoms with Crippen LogP contribution in [0.2, 0.25) is 0 Å². The predicted molar refractivity (Wildman–Crippen MR) is 390 cm³/mol. The molecule has 0 aliphatic rings. The summed E-state index contributed by atoms with van der Waals surface area (Å²) in [5.74, 6) is 2.75. The quantitative estimate of drug-likeness (QED) is 0.108. The molecule has 4 aromatic heterocycles. The van der Waals surface area contributed by atoms with Gasteiger partial charge >= 0.3 is 0 Å². The zero-order chi connectivity index (χ0) is 65.4. The van der Waals surface area contributed by atoms with Gasteiger partial charge in [0.05, 0.1) is 0 Å². The fraction of sp³-hybridized carbons (Fsp3) is 0.310. The number of fused-ring (bicyclic) bond motifs is 4. The summed E-state index contributed by atoms with van der Waals surface area (Å²) in [6.45, 7) is 33.5. The number of aryl methyl sites for hydroxylation is 10. The van der Waals surface area contributed by atoms with E-state index >= 15 is 0 Å². The van der Waals surface area contributed by atoms with Crippen molar-refractivity contribution in [1.29, 1.82) is 0 Å². The van der Waals surface area contributed by atoms with Crippen LogP contribution in [-0.2, 0) is 53.9 Å². The van der Waals surface area contributed by atoms with Gasteiger partial charge in [0.2, 0.25) is 44.8 Å². The molecule has 0 bridgehead atoms. The van der Waals surface area contributed by atoms with Gasteiger partial charge in [-0.1, -0.05) is 145 Å². The van der Waals surface area contributed by atoms with Crippen LogP contribution in [0.5, 0.6) is 0 Å². The van der Waals surface area contributed by atoms with Gasteiger partial charge in [-0.15, -0.1) is 0 Å². The van der Waals surface area contributed by atoms with Gasteiger partial charge in [-0.25, -0.2) is 0 Å². The Morgan fingerprint density at radius 3 is 1.00 bits per heavy atom. The molecule has 4 heterocycles. The van der Waals surface area contributed by atoms with Crippen LogP contribution in [0.3, 0.4) is 0 Å². The molecule has 466 valence electrons. The van der Waals surface area contributed by atoms with Crippen molar-refractivity contribution in [2.75, 3.05) is 0 Å². The molecule has 0 fully saturated rings. The number of pyridine rings is 4. The second kappa shape index (κ2) is 29.6. The van der Waals surface area contributed by atoms with E-state index in [0.29, 0.717) is 23.7 Å². The Morgan fingerprint density at radius 2 is 0.582 bits per heavy atom. The minimum atomic E-state index is 0.683. The van der Waals surface area contributed by atoms with Gasteiger partial charge in [-0.05, 0) is 221 Å². The summed E-state index contributed by atoms with van der Waals surface area (Å²) in [7, 11) is 8.67. The molecule has 0 atom stereocenters. The maximum absolute atomic E-state index is 2.34. The second-order valence-corrected chi connectivity index (χ2v) is 27.8. The third-order valence-corrected chi connectivity index (χ3v) is 18.1. The number of nitrogens with zero attached hydrogens (tertiary/aromatic N) is 4. The van der Waals surface area contributed by atoms with Crippen LogP contribution >= 0.6 is 0 Å². The lowest BCUT2D eigenvalue weighted by Gasteiger charge is -2.11. The van der Waals surface area contributed by atoms with Crippen LogP contribution in [0.1, 0.15) is 117 Å². The van der Waals surface area contributed by atoms with Crippen molar-refractivity contribution in [3.63, 3.8) is 0 Å². The highest BCUT2D eigenvalue weighted by atomic mass is 15.0. The Labute approximate surface area is 546 Å². The van der Waals surface area contributed by atoms with Gasteiger partial charge in [-0.2, -0.15) is 18.3 Å². The first-order valence-corrected chi connectivity index (χ1v) is 33.4. The Hall–Kier alpha value is -8.60. The van der Waals surface area contributed by atoms with Crippen LogP contribution in [0.25, 0.3) is 88.6 Å². The number of benzene rings is 8. The van der Waals surface area contributed by atoms with Gasteiger partial charge in [0, 0.05) is 92.3 Å². The van der Waals surface area contributed by atoms with E-state index in [2.05, 4.69) is 351 Å². The average Bonchev–Trinajstić information content (AvgIpc) is 0.963. The highest BCUT2D eigenvalue weighted by Crippen LogP contribution is 2.30. The van der Waals surface area contributed by atoms with Crippen molar-refractivity contribution < 1.29 is 18.3 Å². The monoisotopic (exact) mass is 1200 g/mol. The molecule has 0 N–H and O–H groups in total. The van der Waals surface area contributed by atoms with Crippen molar-refractivity contribution in [2.24, 2.45) is 51.9 Å². The van der Waals surface area contributed by atoms with Crippen molar-refractivity contribution in [3.05, 3.63) is 261 Å². The number of hydrogen-bond donors (Lipinski definition) is 0. The molecule has 0 amide bonds. The third kappa shape index (κ3) is 16.1. The van der Waals surface area contributed by atoms with Gasteiger partial charge < -0.3 is 0 Å². The first-order valence-electron chi connectivity index (χ1n) is 33.4. The van der Waals surface area contributed by atoms with E-state index in [1.165, 1.54) is 150 Å². The smallest absolute Gasteiger partial charge is 0.194 e. The zero-order valence-corrected chi connectivity index (χ0v) is 58.5. The first-order chi connectivity index (χ1) is 43.4. The van der Waals surface area contributed by atoms with Gasteiger partial charge in [0.15, 0.2) is 0 Å². The van der Waals surface area contributed by atoms with Gasteiger partial charge in [0.1, 0.15) is 28.2 Å². The molecule has 0 radical (unpaired) electrons. The molecule has 12 rings (SSSR count). The second-order valence-electron chi connectivity index (χ2n) is 27.8. The van der Waals surface area contributed by atoms with E-state index < -0.39 is 0 Å². The van der Waals surface area contributed by atoms with E-state index in [0.717, 1.165) is 25.7 Å². The van der Waals surface area contributed by atoms with Crippen LogP contribution in [0.15, 0.2) is 200 Å². The predicted octanol–water partition coefficient (Wildman–Crippen LogP) is 20.3. The van der Waals surface area contributed by atoms with Crippen molar-refractivity contribution in [3.8, 4) is 45.0 Å². The summed E-state index contributed by atoms with van der Waals surface area (Å²) >= 11 is 0. The molecule has 91 heavy (non-hydrogen) atoms. The molecule has 0 saturated heterocycles. The first kappa shape index (κ1) is 66.8. The summed E-state index contributed by atoms with van der Waals surface area (Å²) < 4.78 is 9.27. The van der Waals surface area contributed by atoms with E-state index in [1.807, 2.05) is 0 Å². The fourth-order valence-electron chi connectivity index (χ4n) is 13.3. The highest BCUT2D eigenvalue weighted by Gasteiger charge is 2.21.